The Morgan fingerprint density at radius 1 is 1.08 bits per heavy atom. The molecule has 0 bridgehead atoms. The summed E-state index contributed by atoms with van der Waals surface area (Å²) in [6.45, 7) is 2.95. The quantitative estimate of drug-likeness (QED) is 0.598. The first-order valence-corrected chi connectivity index (χ1v) is 8.60. The summed E-state index contributed by atoms with van der Waals surface area (Å²) < 4.78 is 3.96. The van der Waals surface area contributed by atoms with E-state index in [9.17, 15) is 4.79 Å². The monoisotopic (exact) mass is 344 g/mol. The van der Waals surface area contributed by atoms with Crippen molar-refractivity contribution in [2.24, 2.45) is 0 Å². The lowest BCUT2D eigenvalue weighted by Gasteiger charge is -2.11. The fourth-order valence-corrected chi connectivity index (χ4v) is 3.21. The summed E-state index contributed by atoms with van der Waals surface area (Å²) in [4.78, 5) is 16.9. The first-order chi connectivity index (χ1) is 12.7. The van der Waals surface area contributed by atoms with Crippen molar-refractivity contribution in [3.8, 4) is 0 Å². The van der Waals surface area contributed by atoms with E-state index in [0.29, 0.717) is 12.5 Å². The van der Waals surface area contributed by atoms with Gasteiger partial charge in [0.05, 0.1) is 6.54 Å². The lowest BCUT2D eigenvalue weighted by Crippen LogP contribution is -2.21. The van der Waals surface area contributed by atoms with Gasteiger partial charge >= 0.3 is 0 Å². The Morgan fingerprint density at radius 2 is 1.85 bits per heavy atom. The molecule has 5 heteroatoms. The molecule has 0 saturated heterocycles. The number of aromatic nitrogens is 3. The first-order valence-electron chi connectivity index (χ1n) is 8.60. The number of aryl methyl sites for hydroxylation is 1. The van der Waals surface area contributed by atoms with Gasteiger partial charge in [-0.2, -0.15) is 0 Å². The molecule has 26 heavy (non-hydrogen) atoms. The van der Waals surface area contributed by atoms with Gasteiger partial charge in [0, 0.05) is 23.6 Å². The van der Waals surface area contributed by atoms with E-state index in [1.54, 1.807) is 6.20 Å². The molecule has 0 fully saturated rings. The van der Waals surface area contributed by atoms with Crippen molar-refractivity contribution in [1.29, 1.82) is 0 Å². The van der Waals surface area contributed by atoms with Gasteiger partial charge in [-0.15, -0.1) is 0 Å². The van der Waals surface area contributed by atoms with Crippen molar-refractivity contribution in [2.75, 3.05) is 5.32 Å². The first kappa shape index (κ1) is 16.1. The van der Waals surface area contributed by atoms with E-state index in [0.717, 1.165) is 22.2 Å². The highest BCUT2D eigenvalue weighted by molar-refractivity contribution is 5.91. The average molecular weight is 344 g/mol. The van der Waals surface area contributed by atoms with Gasteiger partial charge in [-0.25, -0.2) is 4.98 Å². The third-order valence-electron chi connectivity index (χ3n) is 4.48. The van der Waals surface area contributed by atoms with Crippen LogP contribution in [0.3, 0.4) is 0 Å². The number of rotatable bonds is 5. The number of nitrogens with one attached hydrogen (secondary N) is 1. The van der Waals surface area contributed by atoms with E-state index < -0.39 is 0 Å². The predicted molar refractivity (Wildman–Crippen MR) is 103 cm³/mol. The summed E-state index contributed by atoms with van der Waals surface area (Å²) in [7, 11) is 0. The number of anilines is 1. The standard InChI is InChI=1S/C21H20N4O/c1-16-13-18-9-5-6-10-19(18)25(16)15-20(26)23-21-22-11-12-24(21)14-17-7-3-2-4-8-17/h2-13H,14-15H2,1H3,(H,22,23,26). The summed E-state index contributed by atoms with van der Waals surface area (Å²) in [6.07, 6.45) is 3.58. The van der Waals surface area contributed by atoms with Crippen molar-refractivity contribution in [1.82, 2.24) is 14.1 Å². The second kappa shape index (κ2) is 6.88. The van der Waals surface area contributed by atoms with E-state index in [2.05, 4.69) is 34.6 Å². The summed E-state index contributed by atoms with van der Waals surface area (Å²) in [5.74, 6) is 0.475. The number of carbonyl (C=O) groups excluding carboxylic acids is 1. The van der Waals surface area contributed by atoms with Crippen molar-refractivity contribution in [3.05, 3.63) is 84.3 Å². The molecule has 1 N–H and O–H groups in total. The van der Waals surface area contributed by atoms with Crippen LogP contribution in [0, 0.1) is 6.92 Å². The van der Waals surface area contributed by atoms with Crippen LogP contribution < -0.4 is 5.32 Å². The van der Waals surface area contributed by atoms with Crippen LogP contribution in [0.5, 0.6) is 0 Å². The lowest BCUT2D eigenvalue weighted by atomic mass is 10.2. The molecule has 0 aliphatic carbocycles. The lowest BCUT2D eigenvalue weighted by molar-refractivity contribution is -0.116. The molecular formula is C21H20N4O. The molecule has 0 unspecified atom stereocenters. The Balaban J connectivity index is 1.50. The molecule has 0 saturated carbocycles. The molecule has 4 rings (SSSR count). The van der Waals surface area contributed by atoms with Gasteiger partial charge in [0.15, 0.2) is 0 Å². The molecule has 130 valence electrons. The van der Waals surface area contributed by atoms with Crippen LogP contribution in [0.1, 0.15) is 11.3 Å². The number of imidazole rings is 1. The normalized spacial score (nSPS) is 11.0. The molecule has 2 aromatic carbocycles. The molecule has 0 aliphatic heterocycles. The predicted octanol–water partition coefficient (Wildman–Crippen LogP) is 3.83. The van der Waals surface area contributed by atoms with Crippen LogP contribution in [0.4, 0.5) is 5.95 Å². The third-order valence-corrected chi connectivity index (χ3v) is 4.48. The van der Waals surface area contributed by atoms with Crippen molar-refractivity contribution in [3.63, 3.8) is 0 Å². The van der Waals surface area contributed by atoms with Crippen LogP contribution >= 0.6 is 0 Å². The zero-order chi connectivity index (χ0) is 17.9. The minimum absolute atomic E-state index is 0.0880. The van der Waals surface area contributed by atoms with Gasteiger partial charge in [0.25, 0.3) is 0 Å². The van der Waals surface area contributed by atoms with Crippen molar-refractivity contribution >= 4 is 22.8 Å². The largest absolute Gasteiger partial charge is 0.335 e. The number of amides is 1. The molecule has 0 aliphatic rings. The maximum absolute atomic E-state index is 12.6. The maximum atomic E-state index is 12.6. The smallest absolute Gasteiger partial charge is 0.246 e. The summed E-state index contributed by atoms with van der Waals surface area (Å²) >= 11 is 0. The van der Waals surface area contributed by atoms with Crippen molar-refractivity contribution < 1.29 is 4.79 Å². The number of nitrogens with zero attached hydrogens (tertiary/aromatic N) is 3. The van der Waals surface area contributed by atoms with Gasteiger partial charge in [-0.1, -0.05) is 48.5 Å². The van der Waals surface area contributed by atoms with E-state index in [1.807, 2.05) is 58.7 Å². The molecule has 1 amide bonds. The molecule has 0 spiro atoms. The minimum atomic E-state index is -0.0880. The topological polar surface area (TPSA) is 51.9 Å². The zero-order valence-electron chi connectivity index (χ0n) is 14.6. The molecule has 5 nitrogen and oxygen atoms in total. The van der Waals surface area contributed by atoms with Crippen LogP contribution in [-0.2, 0) is 17.9 Å². The second-order valence-electron chi connectivity index (χ2n) is 6.34. The van der Waals surface area contributed by atoms with Crippen LogP contribution in [-0.4, -0.2) is 20.0 Å². The number of para-hydroxylation sites is 1. The highest BCUT2D eigenvalue weighted by Crippen LogP contribution is 2.19. The number of carbonyl (C=O) groups is 1. The third kappa shape index (κ3) is 3.24. The molecule has 0 atom stereocenters. The van der Waals surface area contributed by atoms with Gasteiger partial charge in [0.2, 0.25) is 11.9 Å². The summed E-state index contributed by atoms with van der Waals surface area (Å²) in [6, 6.07) is 20.3. The molecular weight excluding hydrogens is 324 g/mol. The number of hydrogen-bond donors (Lipinski definition) is 1. The Labute approximate surface area is 151 Å². The van der Waals surface area contributed by atoms with Crippen LogP contribution in [0.15, 0.2) is 73.1 Å². The minimum Gasteiger partial charge on any atom is -0.335 e. The molecule has 0 radical (unpaired) electrons. The summed E-state index contributed by atoms with van der Waals surface area (Å²) in [5.41, 5.74) is 3.29. The summed E-state index contributed by atoms with van der Waals surface area (Å²) in [5, 5.41) is 4.08. The van der Waals surface area contributed by atoms with Crippen LogP contribution in [0.2, 0.25) is 0 Å². The number of hydrogen-bond acceptors (Lipinski definition) is 2. The Hall–Kier alpha value is -3.34. The number of benzene rings is 2. The van der Waals surface area contributed by atoms with Crippen LogP contribution in [0.25, 0.3) is 10.9 Å². The Bertz CT molecular complexity index is 1050. The highest BCUT2D eigenvalue weighted by atomic mass is 16.2. The SMILES string of the molecule is Cc1cc2ccccc2n1CC(=O)Nc1nccn1Cc1ccccc1. The fraction of sp³-hybridized carbons (Fsp3) is 0.143. The van der Waals surface area contributed by atoms with Gasteiger partial charge in [-0.3, -0.25) is 10.1 Å². The van der Waals surface area contributed by atoms with Gasteiger partial charge in [-0.05, 0) is 30.0 Å². The van der Waals surface area contributed by atoms with E-state index >= 15 is 0 Å². The molecule has 4 aromatic rings. The second-order valence-corrected chi connectivity index (χ2v) is 6.34. The molecule has 2 aromatic heterocycles. The zero-order valence-corrected chi connectivity index (χ0v) is 14.6. The van der Waals surface area contributed by atoms with Crippen molar-refractivity contribution in [2.45, 2.75) is 20.0 Å². The highest BCUT2D eigenvalue weighted by Gasteiger charge is 2.12. The number of fused-ring (bicyclic) bond motifs is 1. The van der Waals surface area contributed by atoms with E-state index in [4.69, 9.17) is 0 Å². The van der Waals surface area contributed by atoms with Gasteiger partial charge in [0.1, 0.15) is 6.54 Å². The van der Waals surface area contributed by atoms with E-state index in [1.165, 1.54) is 0 Å². The van der Waals surface area contributed by atoms with Gasteiger partial charge < -0.3 is 9.13 Å². The fourth-order valence-electron chi connectivity index (χ4n) is 3.21. The van der Waals surface area contributed by atoms with E-state index in [-0.39, 0.29) is 12.5 Å². The maximum Gasteiger partial charge on any atom is 0.246 e. The molecule has 2 heterocycles. The average Bonchev–Trinajstić information content (AvgIpc) is 3.20. The Morgan fingerprint density at radius 3 is 2.69 bits per heavy atom. The Kier molecular flexibility index (Phi) is 4.27.